The number of hydrogen-bond donors (Lipinski definition) is 5. The van der Waals surface area contributed by atoms with Gasteiger partial charge < -0.3 is 10.6 Å². The van der Waals surface area contributed by atoms with Crippen LogP contribution in [0.15, 0.2) is 54.9 Å². The summed E-state index contributed by atoms with van der Waals surface area (Å²) in [4.78, 5) is 9.24. The summed E-state index contributed by atoms with van der Waals surface area (Å²) in [5, 5.41) is 14.7. The first-order valence-corrected chi connectivity index (χ1v) is 11.1. The minimum absolute atomic E-state index is 0.209. The Bertz CT molecular complexity index is 1310. The Hall–Kier alpha value is -3.50. The molecule has 5 rings (SSSR count). The van der Waals surface area contributed by atoms with Gasteiger partial charge in [0.05, 0.1) is 11.7 Å². The zero-order chi connectivity index (χ0) is 21.2. The van der Waals surface area contributed by atoms with Gasteiger partial charge in [0.2, 0.25) is 16.8 Å². The summed E-state index contributed by atoms with van der Waals surface area (Å²) in [5.41, 5.74) is 4.48. The van der Waals surface area contributed by atoms with Crippen LogP contribution in [0, 0.1) is 0 Å². The number of rotatable bonds is 8. The molecule has 4 N–H and O–H groups in total. The van der Waals surface area contributed by atoms with Gasteiger partial charge in [0.1, 0.15) is 5.82 Å². The summed E-state index contributed by atoms with van der Waals surface area (Å²) in [6.07, 6.45) is 5.86. The third-order valence-electron chi connectivity index (χ3n) is 5.20. The van der Waals surface area contributed by atoms with E-state index in [1.165, 1.54) is 0 Å². The Labute approximate surface area is 180 Å². The molecule has 158 valence electrons. The highest BCUT2D eigenvalue weighted by Gasteiger charge is 2.28. The Morgan fingerprint density at radius 2 is 1.94 bits per heavy atom. The Morgan fingerprint density at radius 3 is 2.77 bits per heavy atom. The summed E-state index contributed by atoms with van der Waals surface area (Å²) in [7, 11) is -2.67. The van der Waals surface area contributed by atoms with Crippen molar-refractivity contribution >= 4 is 44.9 Å². The lowest BCUT2D eigenvalue weighted by Gasteiger charge is -2.15. The van der Waals surface area contributed by atoms with Crippen molar-refractivity contribution in [2.75, 3.05) is 10.6 Å². The average Bonchev–Trinajstić information content (AvgIpc) is 3.50. The number of nitrogens with one attached hydrogen (secondary N) is 4. The molecule has 0 amide bonds. The first-order valence-electron chi connectivity index (χ1n) is 9.95. The van der Waals surface area contributed by atoms with E-state index in [1.54, 1.807) is 6.20 Å². The lowest BCUT2D eigenvalue weighted by atomic mass is 10.1. The van der Waals surface area contributed by atoms with Gasteiger partial charge in [0.15, 0.2) is 0 Å². The fourth-order valence-electron chi connectivity index (χ4n) is 3.46. The Balaban J connectivity index is 1.44. The molecule has 0 radical (unpaired) electrons. The summed E-state index contributed by atoms with van der Waals surface area (Å²) >= 11 is 0. The maximum absolute atomic E-state index is 10.9. The van der Waals surface area contributed by atoms with Crippen LogP contribution in [0.3, 0.4) is 0 Å². The SMILES string of the molecule is O=[SH](=O)NCc1ccccc1Nc1nc(Nc2ccc3cn[nH]c3c2)ncc1C1CC1. The molecule has 9 nitrogen and oxygen atoms in total. The number of fused-ring (bicyclic) bond motifs is 1. The zero-order valence-electron chi connectivity index (χ0n) is 16.5. The van der Waals surface area contributed by atoms with Crippen LogP contribution in [0.1, 0.15) is 29.9 Å². The molecule has 31 heavy (non-hydrogen) atoms. The van der Waals surface area contributed by atoms with Gasteiger partial charge in [-0.1, -0.05) is 18.2 Å². The predicted molar refractivity (Wildman–Crippen MR) is 120 cm³/mol. The van der Waals surface area contributed by atoms with Crippen molar-refractivity contribution in [3.63, 3.8) is 0 Å². The fourth-order valence-corrected chi connectivity index (χ4v) is 3.76. The number of H-pyrrole nitrogens is 1. The lowest BCUT2D eigenvalue weighted by Crippen LogP contribution is -2.12. The van der Waals surface area contributed by atoms with Crippen molar-refractivity contribution in [3.8, 4) is 0 Å². The second-order valence-corrected chi connectivity index (χ2v) is 8.27. The highest BCUT2D eigenvalue weighted by molar-refractivity contribution is 7.70. The number of nitrogens with zero attached hydrogens (tertiary/aromatic N) is 3. The molecule has 0 aliphatic heterocycles. The quantitative estimate of drug-likeness (QED) is 0.269. The molecule has 1 saturated carbocycles. The van der Waals surface area contributed by atoms with Crippen molar-refractivity contribution < 1.29 is 8.42 Å². The van der Waals surface area contributed by atoms with Crippen LogP contribution in [-0.4, -0.2) is 28.6 Å². The van der Waals surface area contributed by atoms with Crippen molar-refractivity contribution in [1.29, 1.82) is 0 Å². The molecule has 4 aromatic rings. The molecule has 1 aliphatic rings. The highest BCUT2D eigenvalue weighted by Crippen LogP contribution is 2.43. The van der Waals surface area contributed by atoms with E-state index >= 15 is 0 Å². The van der Waals surface area contributed by atoms with E-state index < -0.39 is 10.9 Å². The third-order valence-corrected chi connectivity index (χ3v) is 5.62. The Kier molecular flexibility index (Phi) is 5.23. The second kappa shape index (κ2) is 8.32. The van der Waals surface area contributed by atoms with E-state index in [1.807, 2.05) is 48.7 Å². The largest absolute Gasteiger partial charge is 0.340 e. The molecule has 2 heterocycles. The van der Waals surface area contributed by atoms with Crippen LogP contribution in [0.25, 0.3) is 10.9 Å². The average molecular weight is 436 g/mol. The lowest BCUT2D eigenvalue weighted by molar-refractivity contribution is 0.601. The molecule has 0 spiro atoms. The molecular formula is C21H21N7O2S. The highest BCUT2D eigenvalue weighted by atomic mass is 32.2. The molecule has 1 fully saturated rings. The van der Waals surface area contributed by atoms with Crippen LogP contribution >= 0.6 is 0 Å². The van der Waals surface area contributed by atoms with Gasteiger partial charge >= 0.3 is 0 Å². The summed E-state index contributed by atoms with van der Waals surface area (Å²) in [6.45, 7) is 0.209. The number of anilines is 4. The van der Waals surface area contributed by atoms with Crippen LogP contribution in [0.5, 0.6) is 0 Å². The topological polar surface area (TPSA) is 125 Å². The number of aromatic amines is 1. The maximum atomic E-state index is 10.9. The van der Waals surface area contributed by atoms with E-state index in [4.69, 9.17) is 4.98 Å². The van der Waals surface area contributed by atoms with Gasteiger partial charge in [-0.05, 0) is 48.6 Å². The molecule has 0 unspecified atom stereocenters. The number of para-hydroxylation sites is 1. The van der Waals surface area contributed by atoms with Crippen molar-refractivity contribution in [3.05, 3.63) is 66.0 Å². The summed E-state index contributed by atoms with van der Waals surface area (Å²) in [5.74, 6) is 1.64. The van der Waals surface area contributed by atoms with E-state index in [9.17, 15) is 8.42 Å². The molecule has 2 aromatic heterocycles. The molecule has 10 heteroatoms. The number of benzene rings is 2. The first-order chi connectivity index (χ1) is 15.2. The number of aromatic nitrogens is 4. The van der Waals surface area contributed by atoms with Gasteiger partial charge in [-0.15, -0.1) is 0 Å². The molecular weight excluding hydrogens is 414 g/mol. The third kappa shape index (κ3) is 4.49. The summed E-state index contributed by atoms with van der Waals surface area (Å²) < 4.78 is 24.3. The van der Waals surface area contributed by atoms with Crippen molar-refractivity contribution in [1.82, 2.24) is 24.9 Å². The van der Waals surface area contributed by atoms with E-state index in [0.29, 0.717) is 11.9 Å². The molecule has 0 atom stereocenters. The number of hydrogen-bond acceptors (Lipinski definition) is 7. The van der Waals surface area contributed by atoms with Gasteiger partial charge in [-0.2, -0.15) is 10.1 Å². The predicted octanol–water partition coefficient (Wildman–Crippen LogP) is 3.33. The fraction of sp³-hybridized carbons (Fsp3) is 0.190. The summed E-state index contributed by atoms with van der Waals surface area (Å²) in [6, 6.07) is 13.5. The van der Waals surface area contributed by atoms with E-state index in [0.717, 1.165) is 52.1 Å². The van der Waals surface area contributed by atoms with Crippen LogP contribution in [-0.2, 0) is 17.4 Å². The molecule has 1 aliphatic carbocycles. The maximum Gasteiger partial charge on any atom is 0.229 e. The van der Waals surface area contributed by atoms with Crippen molar-refractivity contribution in [2.45, 2.75) is 25.3 Å². The van der Waals surface area contributed by atoms with E-state index in [2.05, 4.69) is 30.5 Å². The van der Waals surface area contributed by atoms with Crippen LogP contribution in [0.4, 0.5) is 23.1 Å². The van der Waals surface area contributed by atoms with Gasteiger partial charge in [-0.25, -0.2) is 18.1 Å². The van der Waals surface area contributed by atoms with Crippen LogP contribution in [0.2, 0.25) is 0 Å². The van der Waals surface area contributed by atoms with Gasteiger partial charge in [-0.3, -0.25) is 5.10 Å². The van der Waals surface area contributed by atoms with E-state index in [-0.39, 0.29) is 6.54 Å². The zero-order valence-corrected chi connectivity index (χ0v) is 17.4. The molecule has 2 aromatic carbocycles. The minimum Gasteiger partial charge on any atom is -0.340 e. The minimum atomic E-state index is -2.67. The van der Waals surface area contributed by atoms with Gasteiger partial charge in [0, 0.05) is 35.1 Å². The Morgan fingerprint density at radius 1 is 1.06 bits per heavy atom. The standard InChI is InChI=1S/C21H21N7O2S/c29-31(30)24-11-14-3-1-2-4-18(14)26-20-17(13-5-6-13)12-22-21(27-20)25-16-8-7-15-10-23-28-19(15)9-16/h1-4,7-10,12-13,31H,5-6,11H2,(H,23,28)(H,24,29,30)(H2,22,25,26,27). The smallest absolute Gasteiger partial charge is 0.229 e. The molecule has 0 saturated heterocycles. The second-order valence-electron chi connectivity index (χ2n) is 7.44. The van der Waals surface area contributed by atoms with Crippen molar-refractivity contribution in [2.24, 2.45) is 0 Å². The molecule has 0 bridgehead atoms. The normalized spacial score (nSPS) is 13.6. The van der Waals surface area contributed by atoms with Gasteiger partial charge in [0.25, 0.3) is 0 Å². The van der Waals surface area contributed by atoms with Crippen LogP contribution < -0.4 is 15.4 Å². The first kappa shape index (κ1) is 19.5. The monoisotopic (exact) mass is 435 g/mol. The number of thiol groups is 1.